The second-order valence-electron chi connectivity index (χ2n) is 8.13. The standard InChI is InChI=1S/C21H32N6O3/c1-15(2)13-26-8-9-30-19(14-26)12-22-21(28)20(27-16(3)23-24-25-27)11-17-6-5-7-18(10-17)29-4/h5-7,10,15,19-20H,8-9,11-14H2,1-4H3,(H,22,28)/t19-,20-/m1/s1. The van der Waals surface area contributed by atoms with Crippen LogP contribution in [0.15, 0.2) is 24.3 Å². The highest BCUT2D eigenvalue weighted by Gasteiger charge is 2.27. The molecule has 9 nitrogen and oxygen atoms in total. The summed E-state index contributed by atoms with van der Waals surface area (Å²) in [6, 6.07) is 7.13. The summed E-state index contributed by atoms with van der Waals surface area (Å²) in [5, 5.41) is 14.8. The minimum Gasteiger partial charge on any atom is -0.497 e. The zero-order valence-corrected chi connectivity index (χ0v) is 18.2. The fraction of sp³-hybridized carbons (Fsp3) is 0.619. The van der Waals surface area contributed by atoms with Crippen molar-refractivity contribution in [3.05, 3.63) is 35.7 Å². The molecule has 2 atom stereocenters. The topological polar surface area (TPSA) is 94.4 Å². The maximum absolute atomic E-state index is 13.1. The second-order valence-corrected chi connectivity index (χ2v) is 8.13. The second kappa shape index (κ2) is 10.5. The van der Waals surface area contributed by atoms with Gasteiger partial charge < -0.3 is 14.8 Å². The molecule has 3 rings (SSSR count). The maximum atomic E-state index is 13.1. The average Bonchev–Trinajstić information content (AvgIpc) is 3.15. The van der Waals surface area contributed by atoms with Crippen LogP contribution in [0.1, 0.15) is 31.3 Å². The molecule has 2 aromatic rings. The smallest absolute Gasteiger partial charge is 0.245 e. The van der Waals surface area contributed by atoms with Crippen molar-refractivity contribution in [3.63, 3.8) is 0 Å². The van der Waals surface area contributed by atoms with E-state index in [1.165, 1.54) is 0 Å². The van der Waals surface area contributed by atoms with Gasteiger partial charge in [0.2, 0.25) is 5.91 Å². The van der Waals surface area contributed by atoms with Crippen LogP contribution in [-0.4, -0.2) is 77.0 Å². The van der Waals surface area contributed by atoms with E-state index in [2.05, 4.69) is 39.6 Å². The minimum atomic E-state index is -0.553. The number of ether oxygens (including phenoxy) is 2. The number of carbonyl (C=O) groups is 1. The molecule has 30 heavy (non-hydrogen) atoms. The lowest BCUT2D eigenvalue weighted by Gasteiger charge is -2.34. The van der Waals surface area contributed by atoms with Crippen molar-refractivity contribution in [1.29, 1.82) is 0 Å². The third kappa shape index (κ3) is 5.99. The van der Waals surface area contributed by atoms with Crippen LogP contribution in [0.2, 0.25) is 0 Å². The number of hydrogen-bond donors (Lipinski definition) is 1. The number of amides is 1. The van der Waals surface area contributed by atoms with E-state index in [-0.39, 0.29) is 12.0 Å². The first-order valence-electron chi connectivity index (χ1n) is 10.4. The number of nitrogens with one attached hydrogen (secondary N) is 1. The SMILES string of the molecule is COc1cccc(C[C@H](C(=O)NC[C@@H]2CN(CC(C)C)CCO2)n2nnnc2C)c1. The molecule has 1 fully saturated rings. The van der Waals surface area contributed by atoms with Crippen molar-refractivity contribution < 1.29 is 14.3 Å². The first kappa shape index (κ1) is 22.2. The Kier molecular flexibility index (Phi) is 7.75. The zero-order chi connectivity index (χ0) is 21.5. The Labute approximate surface area is 177 Å². The lowest BCUT2D eigenvalue weighted by atomic mass is 10.0. The van der Waals surface area contributed by atoms with Gasteiger partial charge in [-0.2, -0.15) is 0 Å². The van der Waals surface area contributed by atoms with Gasteiger partial charge in [0, 0.05) is 32.6 Å². The lowest BCUT2D eigenvalue weighted by molar-refractivity contribution is -0.126. The fourth-order valence-corrected chi connectivity index (χ4v) is 3.76. The number of benzene rings is 1. The first-order valence-corrected chi connectivity index (χ1v) is 10.4. The molecule has 1 aliphatic rings. The first-order chi connectivity index (χ1) is 14.5. The normalized spacial score (nSPS) is 18.4. The van der Waals surface area contributed by atoms with E-state index in [0.29, 0.717) is 31.3 Å². The zero-order valence-electron chi connectivity index (χ0n) is 18.2. The van der Waals surface area contributed by atoms with Crippen molar-refractivity contribution in [3.8, 4) is 5.75 Å². The van der Waals surface area contributed by atoms with Crippen LogP contribution >= 0.6 is 0 Å². The van der Waals surface area contributed by atoms with E-state index in [1.807, 2.05) is 24.3 Å². The summed E-state index contributed by atoms with van der Waals surface area (Å²) >= 11 is 0. The predicted molar refractivity (Wildman–Crippen MR) is 112 cm³/mol. The van der Waals surface area contributed by atoms with Gasteiger partial charge in [-0.25, -0.2) is 4.68 Å². The van der Waals surface area contributed by atoms with Gasteiger partial charge in [0.15, 0.2) is 0 Å². The number of morpholine rings is 1. The Morgan fingerprint density at radius 1 is 1.40 bits per heavy atom. The molecule has 9 heteroatoms. The monoisotopic (exact) mass is 416 g/mol. The van der Waals surface area contributed by atoms with Crippen LogP contribution in [0, 0.1) is 12.8 Å². The molecule has 0 saturated carbocycles. The predicted octanol–water partition coefficient (Wildman–Crippen LogP) is 1.25. The summed E-state index contributed by atoms with van der Waals surface area (Å²) in [6.45, 7) is 10.2. The maximum Gasteiger partial charge on any atom is 0.245 e. The van der Waals surface area contributed by atoms with Crippen molar-refractivity contribution >= 4 is 5.91 Å². The Morgan fingerprint density at radius 3 is 2.93 bits per heavy atom. The summed E-state index contributed by atoms with van der Waals surface area (Å²) in [6.07, 6.45) is 0.439. The van der Waals surface area contributed by atoms with Crippen LogP contribution in [0.4, 0.5) is 0 Å². The molecule has 1 aromatic heterocycles. The molecule has 1 saturated heterocycles. The highest BCUT2D eigenvalue weighted by Crippen LogP contribution is 2.19. The molecule has 0 spiro atoms. The van der Waals surface area contributed by atoms with E-state index in [0.717, 1.165) is 30.9 Å². The molecule has 0 radical (unpaired) electrons. The van der Waals surface area contributed by atoms with Crippen LogP contribution in [0.5, 0.6) is 5.75 Å². The molecule has 0 aliphatic carbocycles. The van der Waals surface area contributed by atoms with Gasteiger partial charge in [0.25, 0.3) is 0 Å². The third-order valence-corrected chi connectivity index (χ3v) is 5.17. The van der Waals surface area contributed by atoms with Crippen molar-refractivity contribution in [1.82, 2.24) is 30.4 Å². The van der Waals surface area contributed by atoms with E-state index in [1.54, 1.807) is 18.7 Å². The minimum absolute atomic E-state index is 0.0195. The van der Waals surface area contributed by atoms with E-state index >= 15 is 0 Å². The highest BCUT2D eigenvalue weighted by molar-refractivity contribution is 5.80. The van der Waals surface area contributed by atoms with E-state index in [4.69, 9.17) is 9.47 Å². The van der Waals surface area contributed by atoms with E-state index in [9.17, 15) is 4.79 Å². The van der Waals surface area contributed by atoms with Crippen molar-refractivity contribution in [2.45, 2.75) is 39.3 Å². The number of methoxy groups -OCH3 is 1. The van der Waals surface area contributed by atoms with Crippen LogP contribution < -0.4 is 10.1 Å². The molecule has 0 bridgehead atoms. The molecular formula is C21H32N6O3. The summed E-state index contributed by atoms with van der Waals surface area (Å²) < 4.78 is 12.7. The molecule has 1 aromatic carbocycles. The van der Waals surface area contributed by atoms with Gasteiger partial charge in [-0.3, -0.25) is 9.69 Å². The summed E-state index contributed by atoms with van der Waals surface area (Å²) in [5.74, 6) is 1.82. The lowest BCUT2D eigenvalue weighted by Crippen LogP contribution is -2.49. The molecule has 0 unspecified atom stereocenters. The van der Waals surface area contributed by atoms with Crippen LogP contribution in [-0.2, 0) is 16.0 Å². The third-order valence-electron chi connectivity index (χ3n) is 5.17. The molecule has 1 amide bonds. The van der Waals surface area contributed by atoms with Crippen LogP contribution in [0.25, 0.3) is 0 Å². The quantitative estimate of drug-likeness (QED) is 0.657. The number of nitrogens with zero attached hydrogens (tertiary/aromatic N) is 5. The average molecular weight is 417 g/mol. The van der Waals surface area contributed by atoms with Crippen molar-refractivity contribution in [2.75, 3.05) is 39.9 Å². The van der Waals surface area contributed by atoms with E-state index < -0.39 is 6.04 Å². The summed E-state index contributed by atoms with van der Waals surface area (Å²) in [7, 11) is 1.63. The Morgan fingerprint density at radius 2 is 2.23 bits per heavy atom. The van der Waals surface area contributed by atoms with Crippen molar-refractivity contribution in [2.24, 2.45) is 5.92 Å². The fourth-order valence-electron chi connectivity index (χ4n) is 3.76. The largest absolute Gasteiger partial charge is 0.497 e. The number of aryl methyl sites for hydroxylation is 1. The summed E-state index contributed by atoms with van der Waals surface area (Å²) in [4.78, 5) is 15.5. The number of tetrazole rings is 1. The van der Waals surface area contributed by atoms with Gasteiger partial charge in [0.05, 0.1) is 19.8 Å². The highest BCUT2D eigenvalue weighted by atomic mass is 16.5. The van der Waals surface area contributed by atoms with Gasteiger partial charge in [-0.15, -0.1) is 5.10 Å². The number of carbonyl (C=O) groups excluding carboxylic acids is 1. The number of aromatic nitrogens is 4. The Balaban J connectivity index is 1.66. The number of hydrogen-bond acceptors (Lipinski definition) is 7. The Bertz CT molecular complexity index is 825. The molecular weight excluding hydrogens is 384 g/mol. The van der Waals surface area contributed by atoms with Crippen LogP contribution in [0.3, 0.4) is 0 Å². The number of rotatable bonds is 9. The molecule has 1 N–H and O–H groups in total. The van der Waals surface area contributed by atoms with Gasteiger partial charge >= 0.3 is 0 Å². The van der Waals surface area contributed by atoms with Gasteiger partial charge in [-0.05, 0) is 41.0 Å². The molecule has 1 aliphatic heterocycles. The molecule has 2 heterocycles. The summed E-state index contributed by atoms with van der Waals surface area (Å²) in [5.41, 5.74) is 0.974. The van der Waals surface area contributed by atoms with Gasteiger partial charge in [-0.1, -0.05) is 26.0 Å². The molecule has 164 valence electrons. The Hall–Kier alpha value is -2.52. The van der Waals surface area contributed by atoms with Gasteiger partial charge in [0.1, 0.15) is 17.6 Å².